The average Bonchev–Trinajstić information content (AvgIpc) is 2.83. The largest absolute Gasteiger partial charge is 0.380 e. The van der Waals surface area contributed by atoms with Gasteiger partial charge in [0.05, 0.1) is 5.56 Å². The summed E-state index contributed by atoms with van der Waals surface area (Å²) in [5, 5.41) is 3.83. The summed E-state index contributed by atoms with van der Waals surface area (Å²) in [7, 11) is 0. The van der Waals surface area contributed by atoms with Crippen LogP contribution in [0, 0.1) is 0 Å². The Bertz CT molecular complexity index is 649. The molecule has 3 aromatic heterocycles. The summed E-state index contributed by atoms with van der Waals surface area (Å²) in [5.74, 6) is 1.01. The molecule has 0 bridgehead atoms. The molecule has 3 aromatic rings. The Kier molecular flexibility index (Phi) is 2.49. The number of rotatable bonds is 2. The summed E-state index contributed by atoms with van der Waals surface area (Å²) in [6.45, 7) is 0. The van der Waals surface area contributed by atoms with E-state index in [1.165, 1.54) is 0 Å². The van der Waals surface area contributed by atoms with Crippen LogP contribution in [0.25, 0.3) is 22.5 Å². The smallest absolute Gasteiger partial charge is 0.177 e. The first-order valence-corrected chi connectivity index (χ1v) is 5.42. The van der Waals surface area contributed by atoms with E-state index in [9.17, 15) is 0 Å². The van der Waals surface area contributed by atoms with E-state index in [0.29, 0.717) is 11.6 Å². The molecular weight excluding hydrogens is 228 g/mol. The molecule has 18 heavy (non-hydrogen) atoms. The number of hydrogen-bond donors (Lipinski definition) is 1. The Morgan fingerprint density at radius 3 is 2.00 bits per heavy atom. The summed E-state index contributed by atoms with van der Waals surface area (Å²) in [4.78, 5) is 7.96. The minimum atomic E-state index is 0.369. The van der Waals surface area contributed by atoms with Crippen LogP contribution in [0.3, 0.4) is 0 Å². The van der Waals surface area contributed by atoms with Crippen LogP contribution in [0.2, 0.25) is 0 Å². The fraction of sp³-hybridized carbons (Fsp3) is 0. The summed E-state index contributed by atoms with van der Waals surface area (Å²) >= 11 is 0. The molecule has 5 nitrogen and oxygen atoms in total. The van der Waals surface area contributed by atoms with Gasteiger partial charge in [0.25, 0.3) is 0 Å². The van der Waals surface area contributed by atoms with Crippen molar-refractivity contribution < 1.29 is 4.52 Å². The Morgan fingerprint density at radius 2 is 1.39 bits per heavy atom. The van der Waals surface area contributed by atoms with Crippen molar-refractivity contribution in [2.45, 2.75) is 0 Å². The molecular formula is C13H10N4O. The van der Waals surface area contributed by atoms with Crippen molar-refractivity contribution in [2.24, 2.45) is 0 Å². The minimum Gasteiger partial charge on any atom is -0.380 e. The fourth-order valence-corrected chi connectivity index (χ4v) is 1.80. The van der Waals surface area contributed by atoms with Crippen molar-refractivity contribution in [3.05, 3.63) is 49.1 Å². The Morgan fingerprint density at radius 1 is 0.833 bits per heavy atom. The molecule has 0 spiro atoms. The molecule has 3 heterocycles. The highest BCUT2D eigenvalue weighted by molar-refractivity contribution is 5.86. The van der Waals surface area contributed by atoms with Crippen LogP contribution in [0.5, 0.6) is 0 Å². The number of aromatic nitrogens is 3. The molecule has 0 aliphatic rings. The van der Waals surface area contributed by atoms with Crippen LogP contribution in [-0.4, -0.2) is 15.1 Å². The molecule has 0 aliphatic carbocycles. The van der Waals surface area contributed by atoms with Gasteiger partial charge in [-0.05, 0) is 29.8 Å². The van der Waals surface area contributed by atoms with Crippen molar-refractivity contribution >= 4 is 5.82 Å². The van der Waals surface area contributed by atoms with Gasteiger partial charge in [0.15, 0.2) is 11.6 Å². The zero-order valence-electron chi connectivity index (χ0n) is 9.45. The predicted molar refractivity (Wildman–Crippen MR) is 67.4 cm³/mol. The first kappa shape index (κ1) is 10.5. The topological polar surface area (TPSA) is 77.8 Å². The Hall–Kier alpha value is -2.69. The van der Waals surface area contributed by atoms with E-state index in [-0.39, 0.29) is 0 Å². The normalized spacial score (nSPS) is 10.4. The van der Waals surface area contributed by atoms with Gasteiger partial charge in [-0.2, -0.15) is 0 Å². The second-order valence-electron chi connectivity index (χ2n) is 3.74. The van der Waals surface area contributed by atoms with Gasteiger partial charge < -0.3 is 10.3 Å². The third kappa shape index (κ3) is 1.71. The number of anilines is 1. The molecule has 88 valence electrons. The maximum atomic E-state index is 5.87. The predicted octanol–water partition coefficient (Wildman–Crippen LogP) is 2.38. The number of pyridine rings is 2. The molecule has 2 N–H and O–H groups in total. The number of hydrogen-bond acceptors (Lipinski definition) is 5. The lowest BCUT2D eigenvalue weighted by Gasteiger charge is -2.01. The third-order valence-corrected chi connectivity index (χ3v) is 2.63. The van der Waals surface area contributed by atoms with E-state index in [1.54, 1.807) is 24.8 Å². The standard InChI is InChI=1S/C13H10N4O/c14-13-11(9-1-5-15-6-2-9)12(18-17-13)10-3-7-16-8-4-10/h1-8H,(H2,14,17). The van der Waals surface area contributed by atoms with Gasteiger partial charge in [-0.15, -0.1) is 0 Å². The monoisotopic (exact) mass is 238 g/mol. The fourth-order valence-electron chi connectivity index (χ4n) is 1.80. The van der Waals surface area contributed by atoms with Crippen LogP contribution in [0.1, 0.15) is 0 Å². The van der Waals surface area contributed by atoms with E-state index in [0.717, 1.165) is 16.7 Å². The molecule has 0 amide bonds. The summed E-state index contributed by atoms with van der Waals surface area (Å²) in [6.07, 6.45) is 6.81. The van der Waals surface area contributed by atoms with Gasteiger partial charge in [0.1, 0.15) is 0 Å². The zero-order chi connectivity index (χ0) is 12.4. The Labute approximate surface area is 103 Å². The van der Waals surface area contributed by atoms with Crippen LogP contribution >= 0.6 is 0 Å². The summed E-state index contributed by atoms with van der Waals surface area (Å²) in [6, 6.07) is 7.44. The van der Waals surface area contributed by atoms with Crippen LogP contribution in [-0.2, 0) is 0 Å². The van der Waals surface area contributed by atoms with Gasteiger partial charge in [0.2, 0.25) is 0 Å². The van der Waals surface area contributed by atoms with Crippen LogP contribution in [0.4, 0.5) is 5.82 Å². The highest BCUT2D eigenvalue weighted by atomic mass is 16.5. The molecule has 3 rings (SSSR count). The minimum absolute atomic E-state index is 0.369. The van der Waals surface area contributed by atoms with E-state index in [2.05, 4.69) is 15.1 Å². The van der Waals surface area contributed by atoms with E-state index < -0.39 is 0 Å². The van der Waals surface area contributed by atoms with Crippen molar-refractivity contribution in [2.75, 3.05) is 5.73 Å². The molecule has 0 saturated heterocycles. The molecule has 0 radical (unpaired) electrons. The lowest BCUT2D eigenvalue weighted by molar-refractivity contribution is 0.436. The van der Waals surface area contributed by atoms with Gasteiger partial charge in [-0.3, -0.25) is 9.97 Å². The van der Waals surface area contributed by atoms with Crippen LogP contribution in [0.15, 0.2) is 53.6 Å². The molecule has 0 unspecified atom stereocenters. The first-order valence-electron chi connectivity index (χ1n) is 5.42. The van der Waals surface area contributed by atoms with Crippen molar-refractivity contribution in [1.82, 2.24) is 15.1 Å². The van der Waals surface area contributed by atoms with Gasteiger partial charge in [-0.1, -0.05) is 5.16 Å². The van der Waals surface area contributed by atoms with Crippen molar-refractivity contribution in [1.29, 1.82) is 0 Å². The molecule has 0 saturated carbocycles. The number of nitrogens with two attached hydrogens (primary N) is 1. The number of nitrogen functional groups attached to an aromatic ring is 1. The highest BCUT2D eigenvalue weighted by Gasteiger charge is 2.17. The van der Waals surface area contributed by atoms with Gasteiger partial charge in [0, 0.05) is 30.4 Å². The second kappa shape index (κ2) is 4.29. The third-order valence-electron chi connectivity index (χ3n) is 2.63. The molecule has 0 aliphatic heterocycles. The quantitative estimate of drug-likeness (QED) is 0.741. The lowest BCUT2D eigenvalue weighted by atomic mass is 10.0. The van der Waals surface area contributed by atoms with Crippen molar-refractivity contribution in [3.8, 4) is 22.5 Å². The van der Waals surface area contributed by atoms with Crippen molar-refractivity contribution in [3.63, 3.8) is 0 Å². The van der Waals surface area contributed by atoms with Crippen LogP contribution < -0.4 is 5.73 Å². The average molecular weight is 238 g/mol. The Balaban J connectivity index is 2.19. The molecule has 5 heteroatoms. The molecule has 0 atom stereocenters. The maximum Gasteiger partial charge on any atom is 0.177 e. The van der Waals surface area contributed by atoms with E-state index >= 15 is 0 Å². The summed E-state index contributed by atoms with van der Waals surface area (Å²) in [5.41, 5.74) is 8.47. The highest BCUT2D eigenvalue weighted by Crippen LogP contribution is 2.35. The van der Waals surface area contributed by atoms with E-state index in [1.807, 2.05) is 24.3 Å². The SMILES string of the molecule is Nc1noc(-c2ccncc2)c1-c1ccncc1. The second-order valence-corrected chi connectivity index (χ2v) is 3.74. The first-order chi connectivity index (χ1) is 8.86. The molecule has 0 aromatic carbocycles. The lowest BCUT2D eigenvalue weighted by Crippen LogP contribution is -1.89. The summed E-state index contributed by atoms with van der Waals surface area (Å²) < 4.78 is 5.31. The molecule has 0 fully saturated rings. The number of nitrogens with zero attached hydrogens (tertiary/aromatic N) is 3. The van der Waals surface area contributed by atoms with Gasteiger partial charge >= 0.3 is 0 Å². The van der Waals surface area contributed by atoms with E-state index in [4.69, 9.17) is 10.3 Å². The van der Waals surface area contributed by atoms with Gasteiger partial charge in [-0.25, -0.2) is 0 Å². The maximum absolute atomic E-state index is 5.87. The zero-order valence-corrected chi connectivity index (χ0v) is 9.45.